The van der Waals surface area contributed by atoms with Crippen molar-refractivity contribution in [1.29, 1.82) is 0 Å². The largest absolute Gasteiger partial charge is 0.478 e. The number of amides is 1. The van der Waals surface area contributed by atoms with Crippen molar-refractivity contribution in [1.82, 2.24) is 14.8 Å². The molecule has 2 N–H and O–H groups in total. The number of nitrogens with zero attached hydrogens (tertiary/aromatic N) is 4. The van der Waals surface area contributed by atoms with Gasteiger partial charge in [0.25, 0.3) is 5.91 Å². The number of hydrogen-bond acceptors (Lipinski definition) is 7. The van der Waals surface area contributed by atoms with Crippen molar-refractivity contribution in [2.24, 2.45) is 5.73 Å². The van der Waals surface area contributed by atoms with Gasteiger partial charge in [0.15, 0.2) is 0 Å². The van der Waals surface area contributed by atoms with E-state index in [0.29, 0.717) is 60.6 Å². The zero-order valence-corrected chi connectivity index (χ0v) is 25.8. The van der Waals surface area contributed by atoms with E-state index in [2.05, 4.69) is 43.3 Å². The second-order valence-corrected chi connectivity index (χ2v) is 10.2. The second-order valence-electron chi connectivity index (χ2n) is 9.78. The molecule has 1 amide bonds. The van der Waals surface area contributed by atoms with E-state index in [1.807, 2.05) is 30.9 Å². The summed E-state index contributed by atoms with van der Waals surface area (Å²) < 4.78 is 12.0. The summed E-state index contributed by atoms with van der Waals surface area (Å²) in [6.45, 7) is 17.2. The first-order valence-corrected chi connectivity index (χ1v) is 14.8. The lowest BCUT2D eigenvalue weighted by atomic mass is 10.0. The van der Waals surface area contributed by atoms with Gasteiger partial charge in [0.05, 0.1) is 17.8 Å². The zero-order chi connectivity index (χ0) is 29.9. The highest BCUT2D eigenvalue weighted by atomic mass is 35.5. The number of carbonyl (C=O) groups excluding carboxylic acids is 1. The molecule has 0 aliphatic carbocycles. The molecule has 0 radical (unpaired) electrons. The first-order chi connectivity index (χ1) is 19.8. The Morgan fingerprint density at radius 1 is 1.12 bits per heavy atom. The third-order valence-corrected chi connectivity index (χ3v) is 7.31. The Kier molecular flexibility index (Phi) is 12.3. The molecule has 1 saturated heterocycles. The normalized spacial score (nSPS) is 13.2. The van der Waals surface area contributed by atoms with Crippen molar-refractivity contribution >= 4 is 39.9 Å². The van der Waals surface area contributed by atoms with E-state index in [1.54, 1.807) is 24.3 Å². The number of hydrogen-bond donors (Lipinski definition) is 1. The summed E-state index contributed by atoms with van der Waals surface area (Å²) >= 11 is 6.01. The minimum absolute atomic E-state index is 0.00100. The topological polar surface area (TPSA) is 84.2 Å². The van der Waals surface area contributed by atoms with Crippen LogP contribution in [0.4, 0.5) is 5.69 Å². The van der Waals surface area contributed by atoms with Crippen LogP contribution < -0.4 is 15.4 Å². The molecule has 1 aliphatic heterocycles. The smallest absolute Gasteiger partial charge is 0.253 e. The summed E-state index contributed by atoms with van der Waals surface area (Å²) in [5.41, 5.74) is 9.99. The molecule has 0 unspecified atom stereocenters. The number of aromatic nitrogens is 1. The van der Waals surface area contributed by atoms with Crippen molar-refractivity contribution in [3.05, 3.63) is 70.8 Å². The summed E-state index contributed by atoms with van der Waals surface area (Å²) in [7, 11) is 2.09. The number of halogens is 1. The predicted octanol–water partition coefficient (Wildman–Crippen LogP) is 5.81. The van der Waals surface area contributed by atoms with Crippen molar-refractivity contribution in [3.8, 4) is 5.88 Å². The van der Waals surface area contributed by atoms with Crippen LogP contribution >= 0.6 is 11.6 Å². The van der Waals surface area contributed by atoms with Crippen LogP contribution in [0.2, 0.25) is 5.02 Å². The van der Waals surface area contributed by atoms with E-state index in [4.69, 9.17) is 31.8 Å². The summed E-state index contributed by atoms with van der Waals surface area (Å²) in [4.78, 5) is 24.4. The van der Waals surface area contributed by atoms with Gasteiger partial charge >= 0.3 is 0 Å². The third kappa shape index (κ3) is 8.12. The van der Waals surface area contributed by atoms with Gasteiger partial charge in [0, 0.05) is 48.7 Å². The van der Waals surface area contributed by atoms with Gasteiger partial charge in [-0.15, -0.1) is 0 Å². The van der Waals surface area contributed by atoms with E-state index >= 15 is 0 Å². The lowest BCUT2D eigenvalue weighted by Crippen LogP contribution is -2.49. The Bertz CT molecular complexity index is 1310. The molecule has 2 aromatic carbocycles. The number of pyridine rings is 1. The van der Waals surface area contributed by atoms with Gasteiger partial charge in [-0.05, 0) is 63.3 Å². The molecule has 0 atom stereocenters. The summed E-state index contributed by atoms with van der Waals surface area (Å²) in [5, 5.41) is 1.60. The van der Waals surface area contributed by atoms with Crippen LogP contribution in [0, 0.1) is 6.92 Å². The highest BCUT2D eigenvalue weighted by molar-refractivity contribution is 6.30. The third-order valence-electron chi connectivity index (χ3n) is 7.05. The summed E-state index contributed by atoms with van der Waals surface area (Å²) in [6.07, 6.45) is 0.864. The fourth-order valence-corrected chi connectivity index (χ4v) is 4.89. The van der Waals surface area contributed by atoms with Gasteiger partial charge in [-0.25, -0.2) is 4.98 Å². The van der Waals surface area contributed by atoms with Crippen LogP contribution in [0.1, 0.15) is 48.7 Å². The SMILES string of the molecule is C=C(OCN)c1c(OCCCN(C)CC)nc2ccc(C)cc2c1N1CCN(C(=O)c2ccc(Cl)cc2)CC1.CC. The maximum atomic E-state index is 13.1. The maximum Gasteiger partial charge on any atom is 0.253 e. The predicted molar refractivity (Wildman–Crippen MR) is 170 cm³/mol. The lowest BCUT2D eigenvalue weighted by molar-refractivity contribution is 0.0746. The zero-order valence-electron chi connectivity index (χ0n) is 25.1. The molecule has 1 fully saturated rings. The quantitative estimate of drug-likeness (QED) is 0.174. The number of aryl methyl sites for hydroxylation is 1. The molecule has 222 valence electrons. The number of anilines is 1. The molecule has 41 heavy (non-hydrogen) atoms. The first kappa shape index (κ1) is 32.2. The standard InChI is InChI=1S/C30H38ClN5O3.C2H6/c1-5-34(4)13-6-18-38-29-27(22(3)39-20-32)28(25-19-21(2)7-12-26(25)33-29)35-14-16-36(17-15-35)30(37)23-8-10-24(31)11-9-23;1-2/h7-12,19H,3,5-6,13-18,20,32H2,1-2,4H3;1-2H3. The highest BCUT2D eigenvalue weighted by Crippen LogP contribution is 2.40. The van der Waals surface area contributed by atoms with Gasteiger partial charge in [0.1, 0.15) is 18.1 Å². The number of piperazine rings is 1. The number of carbonyl (C=O) groups is 1. The van der Waals surface area contributed by atoms with Gasteiger partial charge in [-0.2, -0.15) is 0 Å². The molecular formula is C32H44ClN5O3. The fourth-order valence-electron chi connectivity index (χ4n) is 4.76. The minimum atomic E-state index is -0.00572. The average molecular weight is 582 g/mol. The van der Waals surface area contributed by atoms with Crippen molar-refractivity contribution in [3.63, 3.8) is 0 Å². The fraction of sp³-hybridized carbons (Fsp3) is 0.438. The Labute approximate surface area is 249 Å². The number of fused-ring (bicyclic) bond motifs is 1. The second kappa shape index (κ2) is 15.6. The number of ether oxygens (including phenoxy) is 2. The molecule has 1 aromatic heterocycles. The van der Waals surface area contributed by atoms with Crippen LogP contribution in [-0.4, -0.2) is 80.3 Å². The molecular weight excluding hydrogens is 538 g/mol. The Balaban J connectivity index is 0.00000226. The van der Waals surface area contributed by atoms with Crippen molar-refractivity contribution < 1.29 is 14.3 Å². The molecule has 0 saturated carbocycles. The Hall–Kier alpha value is -3.33. The van der Waals surface area contributed by atoms with E-state index < -0.39 is 0 Å². The Morgan fingerprint density at radius 3 is 2.44 bits per heavy atom. The summed E-state index contributed by atoms with van der Waals surface area (Å²) in [5.74, 6) is 0.904. The van der Waals surface area contributed by atoms with Crippen LogP contribution in [0.3, 0.4) is 0 Å². The first-order valence-electron chi connectivity index (χ1n) is 14.4. The maximum absolute atomic E-state index is 13.1. The van der Waals surface area contributed by atoms with Crippen molar-refractivity contribution in [2.75, 3.05) is 64.6 Å². The van der Waals surface area contributed by atoms with E-state index in [0.717, 1.165) is 41.7 Å². The molecule has 0 bridgehead atoms. The van der Waals surface area contributed by atoms with Gasteiger partial charge in [-0.3, -0.25) is 10.5 Å². The van der Waals surface area contributed by atoms with E-state index in [9.17, 15) is 4.79 Å². The number of rotatable bonds is 11. The molecule has 9 heteroatoms. The molecule has 3 aromatic rings. The van der Waals surface area contributed by atoms with Gasteiger partial charge < -0.3 is 24.2 Å². The minimum Gasteiger partial charge on any atom is -0.478 e. The molecule has 1 aliphatic rings. The van der Waals surface area contributed by atoms with E-state index in [-0.39, 0.29) is 12.6 Å². The van der Waals surface area contributed by atoms with Crippen LogP contribution in [0.15, 0.2) is 49.0 Å². The van der Waals surface area contributed by atoms with Crippen molar-refractivity contribution in [2.45, 2.75) is 34.1 Å². The number of nitrogens with two attached hydrogens (primary N) is 1. The van der Waals surface area contributed by atoms with Crippen LogP contribution in [0.5, 0.6) is 5.88 Å². The molecule has 2 heterocycles. The summed E-state index contributed by atoms with van der Waals surface area (Å²) in [6, 6.07) is 13.2. The average Bonchev–Trinajstić information content (AvgIpc) is 2.99. The Morgan fingerprint density at radius 2 is 1.80 bits per heavy atom. The lowest BCUT2D eigenvalue weighted by Gasteiger charge is -2.38. The van der Waals surface area contributed by atoms with Crippen LogP contribution in [0.25, 0.3) is 16.7 Å². The highest BCUT2D eigenvalue weighted by Gasteiger charge is 2.28. The van der Waals surface area contributed by atoms with Crippen LogP contribution in [-0.2, 0) is 4.74 Å². The van der Waals surface area contributed by atoms with E-state index in [1.165, 1.54) is 0 Å². The van der Waals surface area contributed by atoms with Gasteiger partial charge in [0.2, 0.25) is 5.88 Å². The monoisotopic (exact) mass is 581 g/mol. The molecule has 8 nitrogen and oxygen atoms in total. The number of benzene rings is 2. The van der Waals surface area contributed by atoms with Gasteiger partial charge in [-0.1, -0.05) is 50.6 Å². The molecule has 4 rings (SSSR count). The molecule has 0 spiro atoms.